The standard InChI is InChI=1S/C30H30F4N2O4/c1-40-21-4-5-26-22(15-21)28(20(18-37)17-35-26)23(31)6-7-30(16-27(38)39)8-11-36(12-9-30)10-2-3-19-13-24(32)29(34)25(33)14-19/h4-5,13-15,17,23,37H,6-12,16,18H2,1H3,(H,38,39)/t23-/m1/s1. The summed E-state index contributed by atoms with van der Waals surface area (Å²) in [6.45, 7) is 0.925. The summed E-state index contributed by atoms with van der Waals surface area (Å²) in [6, 6.07) is 6.79. The molecule has 1 aliphatic rings. The molecule has 3 aromatic rings. The molecule has 0 aliphatic carbocycles. The third kappa shape index (κ3) is 6.72. The van der Waals surface area contributed by atoms with E-state index in [9.17, 15) is 28.2 Å². The second-order valence-corrected chi connectivity index (χ2v) is 10.1. The monoisotopic (exact) mass is 558 g/mol. The lowest BCUT2D eigenvalue weighted by Crippen LogP contribution is -2.41. The smallest absolute Gasteiger partial charge is 0.303 e. The number of hydrogen-bond donors (Lipinski definition) is 2. The highest BCUT2D eigenvalue weighted by molar-refractivity contribution is 5.85. The van der Waals surface area contributed by atoms with Crippen molar-refractivity contribution in [3.05, 3.63) is 70.7 Å². The average molecular weight is 559 g/mol. The molecule has 0 amide bonds. The van der Waals surface area contributed by atoms with Crippen LogP contribution in [0.25, 0.3) is 10.9 Å². The van der Waals surface area contributed by atoms with Crippen molar-refractivity contribution in [3.8, 4) is 17.6 Å². The first kappa shape index (κ1) is 29.3. The molecule has 2 heterocycles. The first-order valence-electron chi connectivity index (χ1n) is 12.9. The predicted octanol–water partition coefficient (Wildman–Crippen LogP) is 5.55. The minimum atomic E-state index is -1.55. The van der Waals surface area contributed by atoms with Gasteiger partial charge in [-0.25, -0.2) is 17.6 Å². The van der Waals surface area contributed by atoms with E-state index in [1.165, 1.54) is 13.3 Å². The van der Waals surface area contributed by atoms with Crippen molar-refractivity contribution in [2.75, 3.05) is 26.7 Å². The fourth-order valence-electron chi connectivity index (χ4n) is 5.34. The highest BCUT2D eigenvalue weighted by Gasteiger charge is 2.37. The largest absolute Gasteiger partial charge is 0.497 e. The summed E-state index contributed by atoms with van der Waals surface area (Å²) >= 11 is 0. The average Bonchev–Trinajstić information content (AvgIpc) is 2.94. The Labute approximate surface area is 229 Å². The fraction of sp³-hybridized carbons (Fsp3) is 0.400. The summed E-state index contributed by atoms with van der Waals surface area (Å²) in [5.41, 5.74) is 0.666. The molecule has 0 bridgehead atoms. The number of aliphatic carboxylic acids is 1. The van der Waals surface area contributed by atoms with E-state index in [2.05, 4.69) is 16.8 Å². The van der Waals surface area contributed by atoms with E-state index in [-0.39, 0.29) is 31.6 Å². The fourth-order valence-corrected chi connectivity index (χ4v) is 5.34. The van der Waals surface area contributed by atoms with Crippen LogP contribution in [0.4, 0.5) is 17.6 Å². The summed E-state index contributed by atoms with van der Waals surface area (Å²) in [6.07, 6.45) is 1.30. The van der Waals surface area contributed by atoms with Gasteiger partial charge in [-0.15, -0.1) is 0 Å². The number of aliphatic hydroxyl groups is 1. The number of rotatable bonds is 9. The number of likely N-dealkylation sites (tertiary alicyclic amines) is 1. The number of aliphatic hydroxyl groups excluding tert-OH is 1. The Balaban J connectivity index is 1.45. The number of fused-ring (bicyclic) bond motifs is 1. The second kappa shape index (κ2) is 12.7. The van der Waals surface area contributed by atoms with Crippen molar-refractivity contribution in [2.24, 2.45) is 5.41 Å². The van der Waals surface area contributed by atoms with Crippen LogP contribution in [-0.4, -0.2) is 52.8 Å². The van der Waals surface area contributed by atoms with Crippen molar-refractivity contribution in [2.45, 2.75) is 44.9 Å². The number of nitrogens with zero attached hydrogens (tertiary/aromatic N) is 2. The third-order valence-electron chi connectivity index (χ3n) is 7.57. The second-order valence-electron chi connectivity index (χ2n) is 10.1. The Hall–Kier alpha value is -3.68. The molecule has 0 spiro atoms. The van der Waals surface area contributed by atoms with Crippen LogP contribution in [0.2, 0.25) is 0 Å². The highest BCUT2D eigenvalue weighted by Crippen LogP contribution is 2.43. The van der Waals surface area contributed by atoms with Crippen LogP contribution in [0.15, 0.2) is 36.5 Å². The van der Waals surface area contributed by atoms with Gasteiger partial charge in [0.2, 0.25) is 0 Å². The SMILES string of the molecule is COc1ccc2ncc(CO)c([C@H](F)CCC3(CC(=O)O)CCN(CC#Cc4cc(F)c(F)c(F)c4)CC3)c2c1. The van der Waals surface area contributed by atoms with E-state index < -0.39 is 35.0 Å². The van der Waals surface area contributed by atoms with Gasteiger partial charge in [0.25, 0.3) is 0 Å². The van der Waals surface area contributed by atoms with Crippen molar-refractivity contribution < 1.29 is 37.3 Å². The minimum absolute atomic E-state index is 0.0196. The molecule has 2 N–H and O–H groups in total. The van der Waals surface area contributed by atoms with E-state index in [1.54, 1.807) is 18.2 Å². The number of carboxylic acid groups (broad SMARTS) is 1. The number of hydrogen-bond acceptors (Lipinski definition) is 5. The summed E-state index contributed by atoms with van der Waals surface area (Å²) in [7, 11) is 1.51. The van der Waals surface area contributed by atoms with Gasteiger partial charge in [0.1, 0.15) is 11.9 Å². The highest BCUT2D eigenvalue weighted by atomic mass is 19.2. The Morgan fingerprint density at radius 2 is 1.88 bits per heavy atom. The first-order valence-corrected chi connectivity index (χ1v) is 12.9. The number of pyridine rings is 1. The molecule has 4 rings (SSSR count). The summed E-state index contributed by atoms with van der Waals surface area (Å²) < 4.78 is 61.1. The molecule has 0 saturated carbocycles. The van der Waals surface area contributed by atoms with Gasteiger partial charge in [0.05, 0.1) is 32.2 Å². The van der Waals surface area contributed by atoms with Crippen molar-refractivity contribution >= 4 is 16.9 Å². The number of carbonyl (C=O) groups is 1. The lowest BCUT2D eigenvalue weighted by Gasteiger charge is -2.41. The number of methoxy groups -OCH3 is 1. The van der Waals surface area contributed by atoms with E-state index in [0.717, 1.165) is 12.1 Å². The molecule has 6 nitrogen and oxygen atoms in total. The molecule has 1 saturated heterocycles. The Morgan fingerprint density at radius 3 is 2.50 bits per heavy atom. The molecule has 212 valence electrons. The van der Waals surface area contributed by atoms with Crippen LogP contribution >= 0.6 is 0 Å². The Morgan fingerprint density at radius 1 is 1.18 bits per heavy atom. The maximum absolute atomic E-state index is 15.9. The quantitative estimate of drug-likeness (QED) is 0.204. The number of benzene rings is 2. The summed E-state index contributed by atoms with van der Waals surface area (Å²) in [5.74, 6) is 0.869. The van der Waals surface area contributed by atoms with Crippen LogP contribution in [0.1, 0.15) is 55.0 Å². The van der Waals surface area contributed by atoms with Gasteiger partial charge in [0.15, 0.2) is 17.5 Å². The van der Waals surface area contributed by atoms with Gasteiger partial charge < -0.3 is 14.9 Å². The number of carboxylic acids is 1. The number of halogens is 4. The molecule has 0 radical (unpaired) electrons. The van der Waals surface area contributed by atoms with Crippen LogP contribution in [0.5, 0.6) is 5.75 Å². The zero-order valence-electron chi connectivity index (χ0n) is 22.0. The number of aromatic nitrogens is 1. The number of alkyl halides is 1. The van der Waals surface area contributed by atoms with Gasteiger partial charge in [-0.1, -0.05) is 11.8 Å². The van der Waals surface area contributed by atoms with Gasteiger partial charge in [0, 0.05) is 28.3 Å². The maximum Gasteiger partial charge on any atom is 0.303 e. The van der Waals surface area contributed by atoms with Gasteiger partial charge in [-0.3, -0.25) is 14.7 Å². The number of ether oxygens (including phenoxy) is 1. The lowest BCUT2D eigenvalue weighted by molar-refractivity contribution is -0.141. The van der Waals surface area contributed by atoms with Crippen LogP contribution in [0.3, 0.4) is 0 Å². The summed E-state index contributed by atoms with van der Waals surface area (Å²) in [5, 5.41) is 20.0. The van der Waals surface area contributed by atoms with E-state index in [1.807, 2.05) is 4.90 Å². The van der Waals surface area contributed by atoms with E-state index in [4.69, 9.17) is 4.74 Å². The predicted molar refractivity (Wildman–Crippen MR) is 141 cm³/mol. The molecule has 1 atom stereocenters. The van der Waals surface area contributed by atoms with E-state index >= 15 is 4.39 Å². The Kier molecular flexibility index (Phi) is 9.28. The Bertz CT molecular complexity index is 1420. The first-order chi connectivity index (χ1) is 19.1. The third-order valence-corrected chi connectivity index (χ3v) is 7.57. The van der Waals surface area contributed by atoms with Gasteiger partial charge in [-0.05, 0) is 74.5 Å². The molecule has 1 aliphatic heterocycles. The zero-order chi connectivity index (χ0) is 28.9. The molecule has 0 unspecified atom stereocenters. The molecular formula is C30H30F4N2O4. The summed E-state index contributed by atoms with van der Waals surface area (Å²) in [4.78, 5) is 18.0. The number of piperidine rings is 1. The van der Waals surface area contributed by atoms with E-state index in [0.29, 0.717) is 60.1 Å². The molecule has 1 fully saturated rings. The normalized spacial score (nSPS) is 15.8. The van der Waals surface area contributed by atoms with Crippen molar-refractivity contribution in [1.29, 1.82) is 0 Å². The molecule has 1 aromatic heterocycles. The zero-order valence-corrected chi connectivity index (χ0v) is 22.0. The topological polar surface area (TPSA) is 82.9 Å². The minimum Gasteiger partial charge on any atom is -0.497 e. The van der Waals surface area contributed by atoms with Gasteiger partial charge in [-0.2, -0.15) is 0 Å². The van der Waals surface area contributed by atoms with Crippen molar-refractivity contribution in [3.63, 3.8) is 0 Å². The molecule has 40 heavy (non-hydrogen) atoms. The van der Waals surface area contributed by atoms with Crippen LogP contribution in [-0.2, 0) is 11.4 Å². The lowest BCUT2D eigenvalue weighted by atomic mass is 9.71. The van der Waals surface area contributed by atoms with Crippen LogP contribution in [0, 0.1) is 34.7 Å². The molecule has 10 heteroatoms. The molecular weight excluding hydrogens is 528 g/mol. The van der Waals surface area contributed by atoms with Crippen molar-refractivity contribution in [1.82, 2.24) is 9.88 Å². The van der Waals surface area contributed by atoms with Crippen LogP contribution < -0.4 is 4.74 Å². The maximum atomic E-state index is 15.9. The van der Waals surface area contributed by atoms with Gasteiger partial charge >= 0.3 is 5.97 Å². The molecule has 2 aromatic carbocycles.